The van der Waals surface area contributed by atoms with Crippen LogP contribution in [0.1, 0.15) is 16.7 Å². The lowest BCUT2D eigenvalue weighted by Gasteiger charge is -2.14. The number of amides is 1. The van der Waals surface area contributed by atoms with E-state index in [1.807, 2.05) is 36.4 Å². The molecule has 174 valence electrons. The zero-order valence-electron chi connectivity index (χ0n) is 17.9. The molecule has 3 aromatic carbocycles. The van der Waals surface area contributed by atoms with Crippen LogP contribution in [0, 0.1) is 0 Å². The Hall–Kier alpha value is -2.22. The van der Waals surface area contributed by atoms with Crippen LogP contribution in [0.3, 0.4) is 0 Å². The highest BCUT2D eigenvalue weighted by Gasteiger charge is 2.32. The molecule has 9 heteroatoms. The SMILES string of the molecule is COc1ccc(CN2C(=O)C(=Cc3ccc(OCc4ccc(Cl)c(Cl)c4)c(Cl)c3)SC2=S)cc1. The standard InChI is InChI=1S/C25H18Cl3NO3S2/c1-31-18-6-2-15(3-7-18)13-29-24(30)23(34-25(29)33)12-16-5-9-22(21(28)10-16)32-14-17-4-8-19(26)20(27)11-17/h2-12H,13-14H2,1H3. The minimum Gasteiger partial charge on any atom is -0.497 e. The molecule has 0 bridgehead atoms. The van der Waals surface area contributed by atoms with Crippen LogP contribution in [0.2, 0.25) is 15.1 Å². The second kappa shape index (κ2) is 11.0. The maximum Gasteiger partial charge on any atom is 0.266 e. The van der Waals surface area contributed by atoms with Crippen molar-refractivity contribution in [2.45, 2.75) is 13.2 Å². The average Bonchev–Trinajstić information content (AvgIpc) is 3.08. The number of nitrogens with zero attached hydrogens (tertiary/aromatic N) is 1. The van der Waals surface area contributed by atoms with E-state index in [9.17, 15) is 4.79 Å². The monoisotopic (exact) mass is 549 g/mol. The summed E-state index contributed by atoms with van der Waals surface area (Å²) in [4.78, 5) is 15.1. The summed E-state index contributed by atoms with van der Waals surface area (Å²) < 4.78 is 11.5. The minimum atomic E-state index is -0.137. The van der Waals surface area contributed by atoms with Crippen LogP contribution in [0.5, 0.6) is 11.5 Å². The van der Waals surface area contributed by atoms with E-state index in [1.165, 1.54) is 11.8 Å². The van der Waals surface area contributed by atoms with Gasteiger partial charge in [-0.25, -0.2) is 0 Å². The Balaban J connectivity index is 1.43. The molecule has 1 aliphatic rings. The number of carbonyl (C=O) groups excluding carboxylic acids is 1. The van der Waals surface area contributed by atoms with Crippen molar-refractivity contribution in [2.75, 3.05) is 7.11 Å². The lowest BCUT2D eigenvalue weighted by atomic mass is 10.2. The highest BCUT2D eigenvalue weighted by Crippen LogP contribution is 2.35. The van der Waals surface area contributed by atoms with E-state index >= 15 is 0 Å². The first-order valence-corrected chi connectivity index (χ1v) is 12.4. The van der Waals surface area contributed by atoms with E-state index in [4.69, 9.17) is 56.5 Å². The molecule has 0 radical (unpaired) electrons. The zero-order valence-corrected chi connectivity index (χ0v) is 21.8. The van der Waals surface area contributed by atoms with Crippen molar-refractivity contribution in [1.82, 2.24) is 4.90 Å². The highest BCUT2D eigenvalue weighted by molar-refractivity contribution is 8.26. The van der Waals surface area contributed by atoms with Gasteiger partial charge in [-0.05, 0) is 59.2 Å². The number of rotatable bonds is 7. The maximum atomic E-state index is 13.0. The summed E-state index contributed by atoms with van der Waals surface area (Å²) in [5, 5.41) is 1.39. The Morgan fingerprint density at radius 2 is 1.68 bits per heavy atom. The Morgan fingerprint density at radius 3 is 2.35 bits per heavy atom. The molecule has 1 heterocycles. The molecule has 1 saturated heterocycles. The number of carbonyl (C=O) groups is 1. The Bertz CT molecular complexity index is 1280. The van der Waals surface area contributed by atoms with Gasteiger partial charge in [-0.2, -0.15) is 0 Å². The first kappa shape index (κ1) is 24.9. The fourth-order valence-electron chi connectivity index (χ4n) is 3.22. The van der Waals surface area contributed by atoms with Crippen molar-refractivity contribution in [3.05, 3.63) is 97.3 Å². The molecule has 0 spiro atoms. The smallest absolute Gasteiger partial charge is 0.266 e. The molecule has 0 atom stereocenters. The molecule has 0 aromatic heterocycles. The lowest BCUT2D eigenvalue weighted by Crippen LogP contribution is -2.27. The molecule has 4 rings (SSSR count). The number of hydrogen-bond acceptors (Lipinski definition) is 5. The summed E-state index contributed by atoms with van der Waals surface area (Å²) >= 11 is 25.1. The van der Waals surface area contributed by atoms with Crippen LogP contribution in [-0.2, 0) is 17.9 Å². The molecule has 1 fully saturated rings. The maximum absolute atomic E-state index is 13.0. The molecular formula is C25H18Cl3NO3S2. The van der Waals surface area contributed by atoms with Gasteiger partial charge in [0.25, 0.3) is 5.91 Å². The molecule has 1 aliphatic heterocycles. The third-order valence-corrected chi connectivity index (χ3v) is 7.42. The quantitative estimate of drug-likeness (QED) is 0.223. The predicted molar refractivity (Wildman–Crippen MR) is 144 cm³/mol. The number of thioether (sulfide) groups is 1. The second-order valence-electron chi connectivity index (χ2n) is 7.34. The van der Waals surface area contributed by atoms with Gasteiger partial charge in [-0.3, -0.25) is 9.69 Å². The molecule has 34 heavy (non-hydrogen) atoms. The number of ether oxygens (including phenoxy) is 2. The molecule has 1 amide bonds. The van der Waals surface area contributed by atoms with E-state index in [2.05, 4.69) is 0 Å². The lowest BCUT2D eigenvalue weighted by molar-refractivity contribution is -0.122. The van der Waals surface area contributed by atoms with Crippen LogP contribution in [0.25, 0.3) is 6.08 Å². The number of methoxy groups -OCH3 is 1. The van der Waals surface area contributed by atoms with Gasteiger partial charge in [-0.15, -0.1) is 0 Å². The van der Waals surface area contributed by atoms with Crippen molar-refractivity contribution in [3.8, 4) is 11.5 Å². The Kier molecular flexibility index (Phi) is 8.06. The average molecular weight is 551 g/mol. The zero-order chi connectivity index (χ0) is 24.2. The van der Waals surface area contributed by atoms with Gasteiger partial charge in [0.05, 0.1) is 33.6 Å². The molecule has 0 unspecified atom stereocenters. The Labute approximate surface area is 222 Å². The largest absolute Gasteiger partial charge is 0.497 e. The van der Waals surface area contributed by atoms with Crippen molar-refractivity contribution in [3.63, 3.8) is 0 Å². The first-order chi connectivity index (χ1) is 16.3. The van der Waals surface area contributed by atoms with Gasteiger partial charge in [0, 0.05) is 0 Å². The van der Waals surface area contributed by atoms with Gasteiger partial charge < -0.3 is 9.47 Å². The van der Waals surface area contributed by atoms with Crippen LogP contribution in [-0.4, -0.2) is 22.2 Å². The van der Waals surface area contributed by atoms with Crippen LogP contribution >= 0.6 is 58.8 Å². The fourth-order valence-corrected chi connectivity index (χ4v) is 5.03. The Morgan fingerprint density at radius 1 is 0.941 bits per heavy atom. The molecule has 0 N–H and O–H groups in total. The number of halogens is 3. The summed E-state index contributed by atoms with van der Waals surface area (Å²) in [6, 6.07) is 18.2. The van der Waals surface area contributed by atoms with Crippen molar-refractivity contribution in [2.24, 2.45) is 0 Å². The molecule has 4 nitrogen and oxygen atoms in total. The number of hydrogen-bond donors (Lipinski definition) is 0. The number of thiocarbonyl (C=S) groups is 1. The van der Waals surface area contributed by atoms with Gasteiger partial charge in [0.1, 0.15) is 22.4 Å². The normalized spacial score (nSPS) is 14.7. The van der Waals surface area contributed by atoms with Crippen LogP contribution in [0.15, 0.2) is 65.6 Å². The summed E-state index contributed by atoms with van der Waals surface area (Å²) in [5.41, 5.74) is 2.61. The van der Waals surface area contributed by atoms with Gasteiger partial charge >= 0.3 is 0 Å². The van der Waals surface area contributed by atoms with Crippen molar-refractivity contribution >= 4 is 75.1 Å². The van der Waals surface area contributed by atoms with E-state index in [0.717, 1.165) is 22.4 Å². The first-order valence-electron chi connectivity index (χ1n) is 10.1. The van der Waals surface area contributed by atoms with Gasteiger partial charge in [0.2, 0.25) is 0 Å². The minimum absolute atomic E-state index is 0.137. The van der Waals surface area contributed by atoms with Crippen molar-refractivity contribution in [1.29, 1.82) is 0 Å². The van der Waals surface area contributed by atoms with Crippen LogP contribution < -0.4 is 9.47 Å². The summed E-state index contributed by atoms with van der Waals surface area (Å²) in [6.45, 7) is 0.689. The second-order valence-corrected chi connectivity index (χ2v) is 10.2. The molecule has 3 aromatic rings. The molecule has 0 aliphatic carbocycles. The van der Waals surface area contributed by atoms with Crippen molar-refractivity contribution < 1.29 is 14.3 Å². The van der Waals surface area contributed by atoms with E-state index in [0.29, 0.717) is 43.2 Å². The summed E-state index contributed by atoms with van der Waals surface area (Å²) in [6.07, 6.45) is 1.78. The van der Waals surface area contributed by atoms with Gasteiger partial charge in [0.15, 0.2) is 0 Å². The third-order valence-electron chi connectivity index (χ3n) is 5.01. The summed E-state index contributed by atoms with van der Waals surface area (Å²) in [5.74, 6) is 1.15. The van der Waals surface area contributed by atoms with Gasteiger partial charge in [-0.1, -0.05) is 83.0 Å². The van der Waals surface area contributed by atoms with E-state index in [-0.39, 0.29) is 5.91 Å². The van der Waals surface area contributed by atoms with Crippen LogP contribution in [0.4, 0.5) is 0 Å². The number of benzene rings is 3. The van der Waals surface area contributed by atoms with E-state index < -0.39 is 0 Å². The van der Waals surface area contributed by atoms with E-state index in [1.54, 1.807) is 42.4 Å². The molecule has 0 saturated carbocycles. The summed E-state index contributed by atoms with van der Waals surface area (Å²) in [7, 11) is 1.61. The third kappa shape index (κ3) is 5.88. The highest BCUT2D eigenvalue weighted by atomic mass is 35.5. The predicted octanol–water partition coefficient (Wildman–Crippen LogP) is 7.64. The molecular weight excluding hydrogens is 533 g/mol. The fraction of sp³-hybridized carbons (Fsp3) is 0.120. The topological polar surface area (TPSA) is 38.8 Å².